The number of hydrogen-bond donors (Lipinski definition) is 0. The number of likely N-dealkylation sites (tertiary alicyclic amines) is 1. The Bertz CT molecular complexity index is 419. The number of benzene rings is 1. The van der Waals surface area contributed by atoms with Crippen molar-refractivity contribution in [2.24, 2.45) is 5.92 Å². The van der Waals surface area contributed by atoms with Gasteiger partial charge in [-0.15, -0.1) is 0 Å². The van der Waals surface area contributed by atoms with Crippen LogP contribution in [-0.2, 0) is 11.3 Å². The predicted octanol–water partition coefficient (Wildman–Crippen LogP) is 2.30. The largest absolute Gasteiger partial charge is 0.341 e. The maximum Gasteiger partial charge on any atom is 0.225 e. The van der Waals surface area contributed by atoms with Crippen LogP contribution in [0.25, 0.3) is 0 Å². The minimum atomic E-state index is 0.214. The molecule has 19 heavy (non-hydrogen) atoms. The van der Waals surface area contributed by atoms with Crippen LogP contribution >= 0.6 is 0 Å². The molecular weight excluding hydrogens is 236 g/mol. The van der Waals surface area contributed by atoms with Crippen molar-refractivity contribution in [1.82, 2.24) is 9.80 Å². The predicted molar refractivity (Wildman–Crippen MR) is 77.9 cm³/mol. The molecule has 1 aliphatic heterocycles. The van der Waals surface area contributed by atoms with E-state index in [0.29, 0.717) is 12.5 Å². The van der Waals surface area contributed by atoms with Gasteiger partial charge in [-0.05, 0) is 45.5 Å². The summed E-state index contributed by atoms with van der Waals surface area (Å²) in [7, 11) is 4.04. The smallest absolute Gasteiger partial charge is 0.225 e. The molecule has 104 valence electrons. The molecule has 0 radical (unpaired) electrons. The molecule has 0 N–H and O–H groups in total. The lowest BCUT2D eigenvalue weighted by molar-refractivity contribution is -0.136. The van der Waals surface area contributed by atoms with Crippen molar-refractivity contribution in [3.63, 3.8) is 0 Å². The molecule has 0 aromatic heterocycles. The van der Waals surface area contributed by atoms with E-state index < -0.39 is 0 Å². The van der Waals surface area contributed by atoms with Crippen LogP contribution in [0.15, 0.2) is 24.3 Å². The Balaban J connectivity index is 1.90. The second-order valence-electron chi connectivity index (χ2n) is 5.76. The normalized spacial score (nSPS) is 17.4. The fourth-order valence-corrected chi connectivity index (χ4v) is 2.61. The minimum Gasteiger partial charge on any atom is -0.341 e. The zero-order valence-corrected chi connectivity index (χ0v) is 12.2. The summed E-state index contributed by atoms with van der Waals surface area (Å²) in [6.07, 6.45) is 1.99. The molecule has 0 unspecified atom stereocenters. The van der Waals surface area contributed by atoms with Crippen LogP contribution in [-0.4, -0.2) is 42.9 Å². The molecule has 0 bridgehead atoms. The number of hydrogen-bond acceptors (Lipinski definition) is 2. The Labute approximate surface area is 116 Å². The van der Waals surface area contributed by atoms with E-state index in [4.69, 9.17) is 0 Å². The highest BCUT2D eigenvalue weighted by Crippen LogP contribution is 2.19. The van der Waals surface area contributed by atoms with Gasteiger partial charge in [0.2, 0.25) is 5.91 Å². The first-order valence-electron chi connectivity index (χ1n) is 7.05. The quantitative estimate of drug-likeness (QED) is 0.832. The van der Waals surface area contributed by atoms with E-state index in [2.05, 4.69) is 43.1 Å². The van der Waals surface area contributed by atoms with E-state index in [-0.39, 0.29) is 5.92 Å². The van der Waals surface area contributed by atoms with E-state index in [1.54, 1.807) is 0 Å². The molecule has 0 atom stereocenters. The summed E-state index contributed by atoms with van der Waals surface area (Å²) in [4.78, 5) is 16.6. The summed E-state index contributed by atoms with van der Waals surface area (Å²) < 4.78 is 0. The molecule has 1 fully saturated rings. The van der Waals surface area contributed by atoms with Crippen molar-refractivity contribution in [3.05, 3.63) is 35.4 Å². The fraction of sp³-hybridized carbons (Fsp3) is 0.562. The number of carbonyl (C=O) groups excluding carboxylic acids is 1. The van der Waals surface area contributed by atoms with Gasteiger partial charge in [-0.3, -0.25) is 4.79 Å². The third kappa shape index (κ3) is 3.80. The Morgan fingerprint density at radius 1 is 1.26 bits per heavy atom. The van der Waals surface area contributed by atoms with Crippen LogP contribution in [0.1, 0.15) is 24.0 Å². The molecule has 3 heteroatoms. The van der Waals surface area contributed by atoms with E-state index in [1.807, 2.05) is 11.9 Å². The van der Waals surface area contributed by atoms with Gasteiger partial charge in [0.15, 0.2) is 0 Å². The number of aryl methyl sites for hydroxylation is 1. The van der Waals surface area contributed by atoms with E-state index in [1.165, 1.54) is 11.1 Å². The van der Waals surface area contributed by atoms with Gasteiger partial charge in [-0.1, -0.05) is 29.8 Å². The van der Waals surface area contributed by atoms with Crippen molar-refractivity contribution >= 4 is 5.91 Å². The summed E-state index contributed by atoms with van der Waals surface area (Å²) in [5, 5.41) is 0. The number of rotatable bonds is 3. The Morgan fingerprint density at radius 3 is 2.42 bits per heavy atom. The van der Waals surface area contributed by atoms with Crippen molar-refractivity contribution in [1.29, 1.82) is 0 Å². The molecule has 1 aromatic carbocycles. The summed E-state index contributed by atoms with van der Waals surface area (Å²) in [5.74, 6) is 0.514. The molecule has 0 aliphatic carbocycles. The first-order chi connectivity index (χ1) is 9.06. The molecule has 1 aromatic rings. The Morgan fingerprint density at radius 2 is 1.84 bits per heavy atom. The lowest BCUT2D eigenvalue weighted by atomic mass is 9.95. The van der Waals surface area contributed by atoms with Gasteiger partial charge in [0.1, 0.15) is 0 Å². The number of nitrogens with zero attached hydrogens (tertiary/aromatic N) is 2. The lowest BCUT2D eigenvalue weighted by Crippen LogP contribution is -2.39. The van der Waals surface area contributed by atoms with Crippen LogP contribution in [0.2, 0.25) is 0 Å². The minimum absolute atomic E-state index is 0.214. The van der Waals surface area contributed by atoms with Crippen LogP contribution in [0.5, 0.6) is 0 Å². The zero-order valence-electron chi connectivity index (χ0n) is 12.2. The summed E-state index contributed by atoms with van der Waals surface area (Å²) in [6.45, 7) is 4.87. The highest BCUT2D eigenvalue weighted by Gasteiger charge is 2.25. The number of carbonyl (C=O) groups is 1. The van der Waals surface area contributed by atoms with Crippen molar-refractivity contribution in [2.45, 2.75) is 26.3 Å². The first-order valence-corrected chi connectivity index (χ1v) is 7.05. The van der Waals surface area contributed by atoms with E-state index in [0.717, 1.165) is 25.9 Å². The topological polar surface area (TPSA) is 23.6 Å². The summed E-state index contributed by atoms with van der Waals surface area (Å²) >= 11 is 0. The average molecular weight is 260 g/mol. The van der Waals surface area contributed by atoms with Gasteiger partial charge in [0, 0.05) is 19.5 Å². The van der Waals surface area contributed by atoms with Gasteiger partial charge in [0.05, 0.1) is 0 Å². The molecular formula is C16H24N2O. The van der Waals surface area contributed by atoms with E-state index in [9.17, 15) is 4.79 Å². The van der Waals surface area contributed by atoms with Gasteiger partial charge < -0.3 is 9.80 Å². The van der Waals surface area contributed by atoms with Crippen LogP contribution in [0, 0.1) is 12.8 Å². The average Bonchev–Trinajstić information content (AvgIpc) is 2.41. The molecule has 1 heterocycles. The molecule has 1 amide bonds. The highest BCUT2D eigenvalue weighted by molar-refractivity contribution is 5.78. The Kier molecular flexibility index (Phi) is 4.59. The maximum absolute atomic E-state index is 12.4. The van der Waals surface area contributed by atoms with Crippen LogP contribution in [0.4, 0.5) is 0 Å². The second kappa shape index (κ2) is 6.20. The highest BCUT2D eigenvalue weighted by atomic mass is 16.2. The third-order valence-corrected chi connectivity index (χ3v) is 3.98. The monoisotopic (exact) mass is 260 g/mol. The van der Waals surface area contributed by atoms with Crippen molar-refractivity contribution in [2.75, 3.05) is 27.2 Å². The lowest BCUT2D eigenvalue weighted by Gasteiger charge is -2.31. The SMILES string of the molecule is Cc1ccc(CN(C)C(=O)C2CCN(C)CC2)cc1. The van der Waals surface area contributed by atoms with Crippen molar-refractivity contribution < 1.29 is 4.79 Å². The molecule has 0 spiro atoms. The Hall–Kier alpha value is -1.35. The molecule has 1 saturated heterocycles. The van der Waals surface area contributed by atoms with Crippen LogP contribution < -0.4 is 0 Å². The second-order valence-corrected chi connectivity index (χ2v) is 5.76. The summed E-state index contributed by atoms with van der Waals surface area (Å²) in [6, 6.07) is 8.41. The number of amides is 1. The van der Waals surface area contributed by atoms with Gasteiger partial charge in [0.25, 0.3) is 0 Å². The first kappa shape index (κ1) is 14.1. The van der Waals surface area contributed by atoms with E-state index >= 15 is 0 Å². The molecule has 0 saturated carbocycles. The summed E-state index contributed by atoms with van der Waals surface area (Å²) in [5.41, 5.74) is 2.46. The number of piperidine rings is 1. The standard InChI is InChI=1S/C16H24N2O/c1-13-4-6-14(7-5-13)12-18(3)16(19)15-8-10-17(2)11-9-15/h4-7,15H,8-12H2,1-3H3. The fourth-order valence-electron chi connectivity index (χ4n) is 2.61. The third-order valence-electron chi connectivity index (χ3n) is 3.98. The zero-order chi connectivity index (χ0) is 13.8. The molecule has 2 rings (SSSR count). The molecule has 3 nitrogen and oxygen atoms in total. The van der Waals surface area contributed by atoms with Gasteiger partial charge in [-0.2, -0.15) is 0 Å². The van der Waals surface area contributed by atoms with Crippen molar-refractivity contribution in [3.8, 4) is 0 Å². The molecule has 1 aliphatic rings. The maximum atomic E-state index is 12.4. The van der Waals surface area contributed by atoms with Crippen LogP contribution in [0.3, 0.4) is 0 Å². The van der Waals surface area contributed by atoms with Gasteiger partial charge >= 0.3 is 0 Å². The van der Waals surface area contributed by atoms with Gasteiger partial charge in [-0.25, -0.2) is 0 Å².